The van der Waals surface area contributed by atoms with Crippen molar-refractivity contribution < 1.29 is 13.5 Å². The number of benzene rings is 6. The lowest BCUT2D eigenvalue weighted by Gasteiger charge is -2.24. The Morgan fingerprint density at radius 1 is 0.511 bits per heavy atom. The largest absolute Gasteiger partial charge is 0.497 e. The van der Waals surface area contributed by atoms with Crippen LogP contribution in [0.15, 0.2) is 176 Å². The maximum Gasteiger partial charge on any atom is 0.123 e. The SMILES string of the molecule is COc1ccc(N(C=C(c2ccc(F)cc2)c2ccc(F)cc2)c2ccc(C=CC=C(c3ccccc3)c3ccccc3)cc2)cc1. The highest BCUT2D eigenvalue weighted by molar-refractivity contribution is 5.84. The summed E-state index contributed by atoms with van der Waals surface area (Å²) in [6.07, 6.45) is 8.31. The quantitative estimate of drug-likeness (QED) is 0.142. The predicted molar refractivity (Wildman–Crippen MR) is 190 cm³/mol. The van der Waals surface area contributed by atoms with Crippen molar-refractivity contribution in [2.75, 3.05) is 12.0 Å². The van der Waals surface area contributed by atoms with Gasteiger partial charge in [-0.25, -0.2) is 8.78 Å². The minimum atomic E-state index is -0.322. The monoisotopic (exact) mass is 617 g/mol. The minimum absolute atomic E-state index is 0.322. The van der Waals surface area contributed by atoms with E-state index in [1.807, 2.05) is 42.6 Å². The number of anilines is 2. The second-order valence-electron chi connectivity index (χ2n) is 10.9. The molecule has 6 rings (SSSR count). The van der Waals surface area contributed by atoms with Crippen LogP contribution in [0.1, 0.15) is 27.8 Å². The molecule has 0 amide bonds. The number of hydrogen-bond donors (Lipinski definition) is 0. The molecule has 0 spiro atoms. The Morgan fingerprint density at radius 3 is 1.43 bits per heavy atom. The van der Waals surface area contributed by atoms with E-state index in [0.29, 0.717) is 0 Å². The molecule has 0 aliphatic carbocycles. The molecule has 0 N–H and O–H groups in total. The molecule has 6 aromatic rings. The topological polar surface area (TPSA) is 12.5 Å². The number of halogens is 2. The van der Waals surface area contributed by atoms with Gasteiger partial charge in [0.1, 0.15) is 17.4 Å². The van der Waals surface area contributed by atoms with Crippen LogP contribution in [0.2, 0.25) is 0 Å². The molecular weight excluding hydrogens is 584 g/mol. The van der Waals surface area contributed by atoms with Crippen molar-refractivity contribution in [3.63, 3.8) is 0 Å². The molecule has 6 aromatic carbocycles. The molecule has 0 aromatic heterocycles. The van der Waals surface area contributed by atoms with Crippen molar-refractivity contribution in [3.8, 4) is 5.75 Å². The third kappa shape index (κ3) is 7.81. The summed E-state index contributed by atoms with van der Waals surface area (Å²) in [7, 11) is 1.64. The van der Waals surface area contributed by atoms with E-state index in [-0.39, 0.29) is 11.6 Å². The van der Waals surface area contributed by atoms with Gasteiger partial charge >= 0.3 is 0 Å². The van der Waals surface area contributed by atoms with Crippen LogP contribution in [-0.2, 0) is 0 Å². The van der Waals surface area contributed by atoms with Crippen LogP contribution in [0.5, 0.6) is 5.75 Å². The number of nitrogens with zero attached hydrogens (tertiary/aromatic N) is 1. The minimum Gasteiger partial charge on any atom is -0.497 e. The number of allylic oxidation sites excluding steroid dienone is 2. The Labute approximate surface area is 274 Å². The summed E-state index contributed by atoms with van der Waals surface area (Å²) in [5.74, 6) is 0.101. The normalized spacial score (nSPS) is 10.8. The average Bonchev–Trinajstić information content (AvgIpc) is 3.13. The maximum atomic E-state index is 13.9. The molecule has 0 radical (unpaired) electrons. The molecular formula is C43H33F2NO. The zero-order chi connectivity index (χ0) is 32.4. The van der Waals surface area contributed by atoms with Crippen molar-refractivity contribution in [2.24, 2.45) is 0 Å². The summed E-state index contributed by atoms with van der Waals surface area (Å²) < 4.78 is 33.2. The van der Waals surface area contributed by atoms with Gasteiger partial charge in [0, 0.05) is 23.1 Å². The fraction of sp³-hybridized carbons (Fsp3) is 0.0233. The molecule has 0 saturated heterocycles. The summed E-state index contributed by atoms with van der Waals surface area (Å²) in [4.78, 5) is 2.07. The molecule has 0 fully saturated rings. The Hall–Kier alpha value is -6.00. The van der Waals surface area contributed by atoms with Crippen molar-refractivity contribution in [1.29, 1.82) is 0 Å². The van der Waals surface area contributed by atoms with E-state index >= 15 is 0 Å². The predicted octanol–water partition coefficient (Wildman–Crippen LogP) is 11.3. The number of hydrogen-bond acceptors (Lipinski definition) is 2. The van der Waals surface area contributed by atoms with Gasteiger partial charge in [-0.05, 0) is 94.1 Å². The molecule has 230 valence electrons. The first kappa shape index (κ1) is 31.0. The van der Waals surface area contributed by atoms with Crippen LogP contribution < -0.4 is 9.64 Å². The molecule has 0 bridgehead atoms. The third-order valence-corrected chi connectivity index (χ3v) is 7.81. The zero-order valence-electron chi connectivity index (χ0n) is 25.9. The van der Waals surface area contributed by atoms with E-state index in [0.717, 1.165) is 56.1 Å². The second kappa shape index (κ2) is 14.9. The van der Waals surface area contributed by atoms with Crippen LogP contribution in [0.25, 0.3) is 17.2 Å². The highest BCUT2D eigenvalue weighted by Gasteiger charge is 2.13. The van der Waals surface area contributed by atoms with Gasteiger partial charge in [-0.15, -0.1) is 0 Å². The molecule has 4 heteroatoms. The van der Waals surface area contributed by atoms with Crippen LogP contribution in [0, 0.1) is 11.6 Å². The third-order valence-electron chi connectivity index (χ3n) is 7.81. The molecule has 0 heterocycles. The van der Waals surface area contributed by atoms with Gasteiger partial charge in [-0.3, -0.25) is 0 Å². The summed E-state index contributed by atoms with van der Waals surface area (Å²) in [6.45, 7) is 0. The number of ether oxygens (including phenoxy) is 1. The lowest BCUT2D eigenvalue weighted by atomic mass is 9.97. The Morgan fingerprint density at radius 2 is 0.957 bits per heavy atom. The smallest absolute Gasteiger partial charge is 0.123 e. The lowest BCUT2D eigenvalue weighted by molar-refractivity contribution is 0.415. The fourth-order valence-corrected chi connectivity index (χ4v) is 5.34. The molecule has 0 aliphatic rings. The highest BCUT2D eigenvalue weighted by Crippen LogP contribution is 2.33. The van der Waals surface area contributed by atoms with Crippen LogP contribution in [0.3, 0.4) is 0 Å². The maximum absolute atomic E-state index is 13.9. The first-order chi connectivity index (χ1) is 23.1. The molecule has 2 nitrogen and oxygen atoms in total. The van der Waals surface area contributed by atoms with Gasteiger partial charge in [0.05, 0.1) is 7.11 Å². The summed E-state index contributed by atoms with van der Waals surface area (Å²) in [6, 6.07) is 49.4. The fourth-order valence-electron chi connectivity index (χ4n) is 5.34. The highest BCUT2D eigenvalue weighted by atomic mass is 19.1. The van der Waals surface area contributed by atoms with Crippen LogP contribution in [0.4, 0.5) is 20.2 Å². The van der Waals surface area contributed by atoms with E-state index in [4.69, 9.17) is 4.74 Å². The van der Waals surface area contributed by atoms with Gasteiger partial charge in [0.25, 0.3) is 0 Å². The van der Waals surface area contributed by atoms with Gasteiger partial charge in [-0.2, -0.15) is 0 Å². The molecule has 0 saturated carbocycles. The van der Waals surface area contributed by atoms with Gasteiger partial charge in [-0.1, -0.05) is 115 Å². The Kier molecular flexibility index (Phi) is 9.80. The van der Waals surface area contributed by atoms with Crippen LogP contribution in [-0.4, -0.2) is 7.11 Å². The van der Waals surface area contributed by atoms with E-state index in [1.54, 1.807) is 31.4 Å². The molecule has 0 unspecified atom stereocenters. The van der Waals surface area contributed by atoms with E-state index in [1.165, 1.54) is 24.3 Å². The molecule has 47 heavy (non-hydrogen) atoms. The van der Waals surface area contributed by atoms with Gasteiger partial charge < -0.3 is 9.64 Å². The number of methoxy groups -OCH3 is 1. The van der Waals surface area contributed by atoms with Crippen molar-refractivity contribution in [3.05, 3.63) is 216 Å². The Bertz CT molecular complexity index is 1890. The van der Waals surface area contributed by atoms with Crippen LogP contribution >= 0.6 is 0 Å². The first-order valence-electron chi connectivity index (χ1n) is 15.3. The van der Waals surface area contributed by atoms with Crippen molar-refractivity contribution in [1.82, 2.24) is 0 Å². The molecule has 0 aliphatic heterocycles. The van der Waals surface area contributed by atoms with Gasteiger partial charge in [0.15, 0.2) is 0 Å². The number of rotatable bonds is 10. The lowest BCUT2D eigenvalue weighted by Crippen LogP contribution is -2.10. The first-order valence-corrected chi connectivity index (χ1v) is 15.3. The molecule has 0 atom stereocenters. The second-order valence-corrected chi connectivity index (χ2v) is 10.9. The van der Waals surface area contributed by atoms with Crippen molar-refractivity contribution in [2.45, 2.75) is 0 Å². The Balaban J connectivity index is 1.37. The van der Waals surface area contributed by atoms with E-state index in [9.17, 15) is 8.78 Å². The zero-order valence-corrected chi connectivity index (χ0v) is 25.9. The summed E-state index contributed by atoms with van der Waals surface area (Å²) in [5.41, 5.74) is 8.71. The van der Waals surface area contributed by atoms with Crippen molar-refractivity contribution >= 4 is 28.6 Å². The van der Waals surface area contributed by atoms with E-state index in [2.05, 4.69) is 95.9 Å². The summed E-state index contributed by atoms with van der Waals surface area (Å²) in [5, 5.41) is 0. The standard InChI is InChI=1S/C43H33F2NO/c1-47-41-29-27-40(28-30-41)46(31-43(35-17-21-37(44)22-18-35)36-19-23-38(45)24-20-36)39-25-15-32(16-26-39)9-8-14-42(33-10-4-2-5-11-33)34-12-6-3-7-13-34/h2-31H,1H3. The van der Waals surface area contributed by atoms with Gasteiger partial charge in [0.2, 0.25) is 0 Å². The summed E-state index contributed by atoms with van der Waals surface area (Å²) >= 11 is 0. The average molecular weight is 618 g/mol. The van der Waals surface area contributed by atoms with E-state index < -0.39 is 0 Å².